The molecule has 0 bridgehead atoms. The van der Waals surface area contributed by atoms with E-state index in [1.165, 1.54) is 17.0 Å². The third kappa shape index (κ3) is 11.6. The number of ketones is 2. The van der Waals surface area contributed by atoms with Gasteiger partial charge in [0.25, 0.3) is 0 Å². The number of carbonyl (C=O) groups is 3. The highest BCUT2D eigenvalue weighted by Gasteiger charge is 2.45. The number of carbonyl (C=O) groups excluding carboxylic acids is 3. The van der Waals surface area contributed by atoms with Crippen molar-refractivity contribution in [1.82, 2.24) is 19.9 Å². The fourth-order valence-electron chi connectivity index (χ4n) is 5.96. The van der Waals surface area contributed by atoms with Crippen LogP contribution in [-0.4, -0.2) is 88.4 Å². The van der Waals surface area contributed by atoms with Crippen LogP contribution < -0.4 is 10.1 Å². The molecule has 0 unspecified atom stereocenters. The maximum absolute atomic E-state index is 12.9. The number of hydrogen-bond acceptors (Lipinski definition) is 11. The molecule has 0 radical (unpaired) electrons. The van der Waals surface area contributed by atoms with E-state index in [1.54, 1.807) is 45.0 Å². The molecule has 2 heterocycles. The Balaban J connectivity index is 1.18. The van der Waals surface area contributed by atoms with Crippen molar-refractivity contribution in [3.05, 3.63) is 76.1 Å². The molecule has 1 atom stereocenters. The predicted molar refractivity (Wildman–Crippen MR) is 190 cm³/mol. The molecule has 1 N–H and O–H groups in total. The Morgan fingerprint density at radius 3 is 2.30 bits per heavy atom. The summed E-state index contributed by atoms with van der Waals surface area (Å²) in [7, 11) is -3.86. The highest BCUT2D eigenvalue weighted by atomic mass is 35.5. The molecule has 1 amide bonds. The largest absolute Gasteiger partial charge is 0.454 e. The van der Waals surface area contributed by atoms with Crippen molar-refractivity contribution in [1.29, 1.82) is 0 Å². The summed E-state index contributed by atoms with van der Waals surface area (Å²) >= 11 is 6.03. The molecule has 53 heavy (non-hydrogen) atoms. The van der Waals surface area contributed by atoms with Gasteiger partial charge in [-0.05, 0) is 76.1 Å². The minimum atomic E-state index is -4.62. The average molecular weight is 780 g/mol. The maximum Gasteiger partial charge on any atom is 0.422 e. The number of Topliss-reactive ketones (excluding diaryl/α,β-unsaturated/α-hetero) is 2. The number of benzene rings is 2. The highest BCUT2D eigenvalue weighted by Crippen LogP contribution is 2.48. The van der Waals surface area contributed by atoms with Crippen LogP contribution in [0.25, 0.3) is 0 Å². The number of halogens is 4. The van der Waals surface area contributed by atoms with E-state index in [9.17, 15) is 36.0 Å². The summed E-state index contributed by atoms with van der Waals surface area (Å²) in [5.41, 5.74) is 0.394. The van der Waals surface area contributed by atoms with Gasteiger partial charge < -0.3 is 14.8 Å². The number of ether oxygens (including phenoxy) is 2. The second-order valence-electron chi connectivity index (χ2n) is 14.3. The van der Waals surface area contributed by atoms with Crippen molar-refractivity contribution in [3.63, 3.8) is 0 Å². The van der Waals surface area contributed by atoms with Crippen LogP contribution in [0, 0.1) is 0 Å². The molecule has 1 aromatic heterocycles. The Morgan fingerprint density at radius 2 is 1.68 bits per heavy atom. The Bertz CT molecular complexity index is 1920. The van der Waals surface area contributed by atoms with E-state index in [0.717, 1.165) is 18.4 Å². The maximum atomic E-state index is 12.9. The van der Waals surface area contributed by atoms with Gasteiger partial charge in [-0.25, -0.2) is 13.2 Å². The molecule has 1 aliphatic heterocycles. The number of amides is 1. The standard InChI is InChI=1S/C36H41ClF3N5O7S/c1-34(2,3)52-33(48)45-18-4-6-27(45)28(46)7-5-19-53(49,50)21-29(47)24-10-8-23(9-11-24)20-30-41-31(43-32(42-30)51-22-36(38,39)40)44-35(16-17-35)25-12-14-26(37)15-13-25/h8-15,27H,4-7,16-22H2,1-3H3,(H,41,42,43,44)/t27-/m0/s1. The number of anilines is 1. The molecule has 2 aliphatic rings. The highest BCUT2D eigenvalue weighted by molar-refractivity contribution is 7.92. The van der Waals surface area contributed by atoms with Gasteiger partial charge in [0.05, 0.1) is 17.3 Å². The average Bonchev–Trinajstić information content (AvgIpc) is 3.65. The smallest absolute Gasteiger partial charge is 0.422 e. The lowest BCUT2D eigenvalue weighted by Crippen LogP contribution is -2.43. The van der Waals surface area contributed by atoms with Crippen LogP contribution in [-0.2, 0) is 31.3 Å². The molecule has 3 aromatic rings. The normalized spacial score (nSPS) is 17.0. The van der Waals surface area contributed by atoms with Crippen LogP contribution in [0.4, 0.5) is 23.9 Å². The van der Waals surface area contributed by atoms with Gasteiger partial charge >= 0.3 is 18.3 Å². The fraction of sp³-hybridized carbons (Fsp3) is 0.500. The van der Waals surface area contributed by atoms with Gasteiger partial charge in [-0.1, -0.05) is 48.0 Å². The molecule has 1 saturated heterocycles. The van der Waals surface area contributed by atoms with E-state index in [-0.39, 0.29) is 48.1 Å². The summed E-state index contributed by atoms with van der Waals surface area (Å²) in [5.74, 6) is -1.89. The van der Waals surface area contributed by atoms with Gasteiger partial charge in [0.2, 0.25) is 5.95 Å². The van der Waals surface area contributed by atoms with Crippen molar-refractivity contribution in [3.8, 4) is 6.01 Å². The molecular weight excluding hydrogens is 739 g/mol. The number of nitrogens with one attached hydrogen (secondary N) is 1. The van der Waals surface area contributed by atoms with Crippen LogP contribution in [0.15, 0.2) is 48.5 Å². The molecular formula is C36H41ClF3N5O7S. The summed E-state index contributed by atoms with van der Waals surface area (Å²) in [4.78, 5) is 52.3. The first-order valence-corrected chi connectivity index (χ1v) is 19.3. The van der Waals surface area contributed by atoms with Gasteiger partial charge in [0.15, 0.2) is 28.0 Å². The second kappa shape index (κ2) is 16.0. The van der Waals surface area contributed by atoms with Crippen LogP contribution in [0.5, 0.6) is 6.01 Å². The summed E-state index contributed by atoms with van der Waals surface area (Å²) in [5, 5.41) is 3.77. The minimum Gasteiger partial charge on any atom is -0.454 e. The first-order chi connectivity index (χ1) is 24.8. The summed E-state index contributed by atoms with van der Waals surface area (Å²) in [6.45, 7) is 3.98. The van der Waals surface area contributed by atoms with Gasteiger partial charge in [-0.2, -0.15) is 28.1 Å². The van der Waals surface area contributed by atoms with Crippen LogP contribution in [0.2, 0.25) is 5.02 Å². The monoisotopic (exact) mass is 779 g/mol. The topological polar surface area (TPSA) is 158 Å². The molecule has 1 aliphatic carbocycles. The molecule has 1 saturated carbocycles. The number of alkyl halides is 3. The number of rotatable bonds is 15. The Hall–Kier alpha value is -4.31. The third-order valence-corrected chi connectivity index (χ3v) is 10.5. The minimum absolute atomic E-state index is 0.00428. The van der Waals surface area contributed by atoms with Crippen molar-refractivity contribution < 1.29 is 45.4 Å². The fourth-order valence-corrected chi connectivity index (χ4v) is 7.38. The van der Waals surface area contributed by atoms with E-state index in [0.29, 0.717) is 30.0 Å². The summed E-state index contributed by atoms with van der Waals surface area (Å²) in [6.07, 6.45) is -2.64. The molecule has 17 heteroatoms. The SMILES string of the molecule is CC(C)(C)OC(=O)N1CCC[C@H]1C(=O)CCCS(=O)(=O)CC(=O)c1ccc(Cc2nc(NC3(c4ccc(Cl)cc4)CC3)nc(OCC(F)(F)F)n2)cc1. The Morgan fingerprint density at radius 1 is 1.00 bits per heavy atom. The van der Waals surface area contributed by atoms with Gasteiger partial charge in [0.1, 0.15) is 17.2 Å². The van der Waals surface area contributed by atoms with Crippen molar-refractivity contribution in [2.75, 3.05) is 30.0 Å². The lowest BCUT2D eigenvalue weighted by atomic mass is 10.1. The van der Waals surface area contributed by atoms with Crippen LogP contribution in [0.1, 0.15) is 86.6 Å². The van der Waals surface area contributed by atoms with Crippen molar-refractivity contribution in [2.45, 2.75) is 89.1 Å². The first-order valence-electron chi connectivity index (χ1n) is 17.1. The molecule has 5 rings (SSSR count). The zero-order valence-electron chi connectivity index (χ0n) is 29.5. The number of nitrogens with zero attached hydrogens (tertiary/aromatic N) is 4. The lowest BCUT2D eigenvalue weighted by Gasteiger charge is -2.28. The zero-order chi connectivity index (χ0) is 38.6. The molecule has 2 aromatic carbocycles. The summed E-state index contributed by atoms with van der Waals surface area (Å²) in [6, 6.07) is 12.0. The van der Waals surface area contributed by atoms with Crippen molar-refractivity contribution in [2.24, 2.45) is 0 Å². The van der Waals surface area contributed by atoms with E-state index in [4.69, 9.17) is 21.1 Å². The predicted octanol–water partition coefficient (Wildman–Crippen LogP) is 6.50. The molecule has 0 spiro atoms. The van der Waals surface area contributed by atoms with E-state index < -0.39 is 63.4 Å². The van der Waals surface area contributed by atoms with Gasteiger partial charge in [-0.3, -0.25) is 14.5 Å². The van der Waals surface area contributed by atoms with Crippen LogP contribution in [0.3, 0.4) is 0 Å². The lowest BCUT2D eigenvalue weighted by molar-refractivity contribution is -0.154. The zero-order valence-corrected chi connectivity index (χ0v) is 31.1. The van der Waals surface area contributed by atoms with E-state index >= 15 is 0 Å². The summed E-state index contributed by atoms with van der Waals surface area (Å²) < 4.78 is 74.7. The quantitative estimate of drug-likeness (QED) is 0.168. The van der Waals surface area contributed by atoms with Gasteiger partial charge in [-0.15, -0.1) is 0 Å². The number of hydrogen-bond donors (Lipinski definition) is 1. The molecule has 12 nitrogen and oxygen atoms in total. The Labute approximate surface area is 310 Å². The Kier molecular flexibility index (Phi) is 12.0. The second-order valence-corrected chi connectivity index (χ2v) is 16.9. The number of sulfone groups is 1. The van der Waals surface area contributed by atoms with Gasteiger partial charge in [0, 0.05) is 30.0 Å². The molecule has 2 fully saturated rings. The van der Waals surface area contributed by atoms with Crippen LogP contribution >= 0.6 is 11.6 Å². The molecule has 286 valence electrons. The third-order valence-electron chi connectivity index (χ3n) is 8.64. The first kappa shape index (κ1) is 39.9. The number of aromatic nitrogens is 3. The van der Waals surface area contributed by atoms with Crippen molar-refractivity contribution >= 4 is 45.0 Å². The van der Waals surface area contributed by atoms with E-state index in [1.807, 2.05) is 12.1 Å². The van der Waals surface area contributed by atoms with E-state index in [2.05, 4.69) is 20.3 Å². The number of likely N-dealkylation sites (tertiary alicyclic amines) is 1.